The van der Waals surface area contributed by atoms with Gasteiger partial charge in [-0.25, -0.2) is 9.36 Å². The van der Waals surface area contributed by atoms with E-state index in [2.05, 4.69) is 20.1 Å². The molecule has 1 saturated heterocycles. The molecule has 3 aromatic heterocycles. The average Bonchev–Trinajstić information content (AvgIpc) is 3.40. The maximum atomic E-state index is 12.2. The molecular weight excluding hydrogens is 356 g/mol. The molecule has 0 N–H and O–H groups in total. The number of piperidine rings is 1. The molecule has 0 bridgehead atoms. The predicted molar refractivity (Wildman–Crippen MR) is 105 cm³/mol. The third-order valence-electron chi connectivity index (χ3n) is 5.19. The average molecular weight is 376 g/mol. The Morgan fingerprint density at radius 3 is 2.71 bits per heavy atom. The number of fused-ring (bicyclic) bond motifs is 1. The van der Waals surface area contributed by atoms with Gasteiger partial charge in [0.05, 0.1) is 0 Å². The Labute approximate surface area is 161 Å². The van der Waals surface area contributed by atoms with E-state index in [1.54, 1.807) is 27.7 Å². The van der Waals surface area contributed by atoms with Crippen LogP contribution in [-0.4, -0.2) is 37.6 Å². The van der Waals surface area contributed by atoms with E-state index < -0.39 is 0 Å². The van der Waals surface area contributed by atoms with Gasteiger partial charge < -0.3 is 9.32 Å². The van der Waals surface area contributed by atoms with E-state index in [1.165, 1.54) is 0 Å². The Hall–Kier alpha value is -3.42. The van der Waals surface area contributed by atoms with Crippen LogP contribution in [0.25, 0.3) is 16.9 Å². The van der Waals surface area contributed by atoms with Crippen molar-refractivity contribution in [2.75, 3.05) is 18.0 Å². The molecule has 0 unspecified atom stereocenters. The van der Waals surface area contributed by atoms with Gasteiger partial charge in [0, 0.05) is 38.1 Å². The van der Waals surface area contributed by atoms with Crippen LogP contribution < -0.4 is 10.5 Å². The molecule has 5 rings (SSSR count). The number of aromatic nitrogens is 5. The Kier molecular flexibility index (Phi) is 4.16. The van der Waals surface area contributed by atoms with Crippen LogP contribution in [0.2, 0.25) is 0 Å². The standard InChI is InChI=1S/C20H20N6O2/c27-19-7-6-18(25-11-3-10-21-25)23-26(19)14-15-8-12-24(13-9-15)20-22-16-4-1-2-5-17(16)28-20/h1-7,10-11,15H,8-9,12-14H2. The highest BCUT2D eigenvalue weighted by atomic mass is 16.4. The zero-order valence-electron chi connectivity index (χ0n) is 15.3. The van der Waals surface area contributed by atoms with E-state index in [4.69, 9.17) is 4.42 Å². The van der Waals surface area contributed by atoms with Gasteiger partial charge in [-0.05, 0) is 43.0 Å². The molecule has 0 spiro atoms. The quantitative estimate of drug-likeness (QED) is 0.544. The number of hydrogen-bond donors (Lipinski definition) is 0. The van der Waals surface area contributed by atoms with Crippen molar-refractivity contribution in [1.29, 1.82) is 0 Å². The largest absolute Gasteiger partial charge is 0.423 e. The van der Waals surface area contributed by atoms with Gasteiger partial charge in [0.2, 0.25) is 0 Å². The first kappa shape index (κ1) is 16.7. The van der Waals surface area contributed by atoms with E-state index >= 15 is 0 Å². The van der Waals surface area contributed by atoms with Crippen LogP contribution in [0.15, 0.2) is 64.1 Å². The lowest BCUT2D eigenvalue weighted by Gasteiger charge is -2.30. The fourth-order valence-electron chi connectivity index (χ4n) is 3.64. The summed E-state index contributed by atoms with van der Waals surface area (Å²) < 4.78 is 9.09. The third kappa shape index (κ3) is 3.17. The minimum atomic E-state index is -0.0858. The molecular formula is C20H20N6O2. The van der Waals surface area contributed by atoms with Crippen LogP contribution in [0.5, 0.6) is 0 Å². The van der Waals surface area contributed by atoms with Crippen molar-refractivity contribution >= 4 is 17.1 Å². The van der Waals surface area contributed by atoms with Crippen LogP contribution in [0.4, 0.5) is 6.01 Å². The lowest BCUT2D eigenvalue weighted by Crippen LogP contribution is -2.37. The number of nitrogens with zero attached hydrogens (tertiary/aromatic N) is 6. The number of benzene rings is 1. The zero-order chi connectivity index (χ0) is 18.9. The fourth-order valence-corrected chi connectivity index (χ4v) is 3.64. The highest BCUT2D eigenvalue weighted by Crippen LogP contribution is 2.26. The van der Waals surface area contributed by atoms with Crippen LogP contribution in [0.1, 0.15) is 12.8 Å². The molecule has 1 aliphatic rings. The predicted octanol–water partition coefficient (Wildman–Crippen LogP) is 2.49. The van der Waals surface area contributed by atoms with Crippen LogP contribution in [0, 0.1) is 5.92 Å². The normalized spacial score (nSPS) is 15.4. The van der Waals surface area contributed by atoms with Gasteiger partial charge in [0.1, 0.15) is 5.52 Å². The molecule has 4 heterocycles. The highest BCUT2D eigenvalue weighted by molar-refractivity contribution is 5.74. The summed E-state index contributed by atoms with van der Waals surface area (Å²) in [6.45, 7) is 2.31. The smallest absolute Gasteiger partial charge is 0.298 e. The maximum absolute atomic E-state index is 12.2. The molecule has 0 radical (unpaired) electrons. The summed E-state index contributed by atoms with van der Waals surface area (Å²) in [4.78, 5) is 19.0. The first-order valence-corrected chi connectivity index (χ1v) is 9.45. The molecule has 142 valence electrons. The van der Waals surface area contributed by atoms with Crippen LogP contribution in [0.3, 0.4) is 0 Å². The summed E-state index contributed by atoms with van der Waals surface area (Å²) in [5.41, 5.74) is 1.61. The van der Waals surface area contributed by atoms with Gasteiger partial charge in [0.15, 0.2) is 11.4 Å². The number of para-hydroxylation sites is 2. The Morgan fingerprint density at radius 1 is 1.07 bits per heavy atom. The van der Waals surface area contributed by atoms with E-state index in [0.29, 0.717) is 24.3 Å². The topological polar surface area (TPSA) is 82.0 Å². The van der Waals surface area contributed by atoms with E-state index in [0.717, 1.165) is 37.0 Å². The molecule has 1 fully saturated rings. The molecule has 8 nitrogen and oxygen atoms in total. The second-order valence-corrected chi connectivity index (χ2v) is 7.06. The van der Waals surface area contributed by atoms with Gasteiger partial charge >= 0.3 is 0 Å². The van der Waals surface area contributed by atoms with Gasteiger partial charge in [0.25, 0.3) is 11.6 Å². The molecule has 1 aliphatic heterocycles. The molecule has 0 saturated carbocycles. The van der Waals surface area contributed by atoms with Gasteiger partial charge in [-0.1, -0.05) is 12.1 Å². The van der Waals surface area contributed by atoms with Crippen molar-refractivity contribution in [3.8, 4) is 5.82 Å². The third-order valence-corrected chi connectivity index (χ3v) is 5.19. The summed E-state index contributed by atoms with van der Waals surface area (Å²) in [6.07, 6.45) is 5.42. The number of hydrogen-bond acceptors (Lipinski definition) is 6. The zero-order valence-corrected chi connectivity index (χ0v) is 15.3. The Bertz CT molecular complexity index is 1110. The highest BCUT2D eigenvalue weighted by Gasteiger charge is 2.23. The monoisotopic (exact) mass is 376 g/mol. The van der Waals surface area contributed by atoms with E-state index in [9.17, 15) is 4.79 Å². The molecule has 0 amide bonds. The Morgan fingerprint density at radius 2 is 1.93 bits per heavy atom. The Balaban J connectivity index is 1.27. The van der Waals surface area contributed by atoms with Crippen molar-refractivity contribution in [1.82, 2.24) is 24.5 Å². The summed E-state index contributed by atoms with van der Waals surface area (Å²) in [7, 11) is 0. The first-order valence-electron chi connectivity index (χ1n) is 9.45. The summed E-state index contributed by atoms with van der Waals surface area (Å²) >= 11 is 0. The first-order chi connectivity index (χ1) is 13.8. The van der Waals surface area contributed by atoms with E-state index in [1.807, 2.05) is 36.5 Å². The van der Waals surface area contributed by atoms with Gasteiger partial charge in [-0.15, -0.1) is 5.10 Å². The minimum Gasteiger partial charge on any atom is -0.423 e. The van der Waals surface area contributed by atoms with Crippen molar-refractivity contribution < 1.29 is 4.42 Å². The number of oxazole rings is 1. The maximum Gasteiger partial charge on any atom is 0.298 e. The summed E-state index contributed by atoms with van der Waals surface area (Å²) in [6, 6.07) is 13.6. The SMILES string of the molecule is O=c1ccc(-n2cccn2)nn1CC1CCN(c2nc3ccccc3o2)CC1. The van der Waals surface area contributed by atoms with Crippen LogP contribution in [-0.2, 0) is 6.54 Å². The summed E-state index contributed by atoms with van der Waals surface area (Å²) in [5.74, 6) is 1.03. The molecule has 1 aromatic carbocycles. The molecule has 0 atom stereocenters. The van der Waals surface area contributed by atoms with Crippen molar-refractivity contribution in [2.45, 2.75) is 19.4 Å². The van der Waals surface area contributed by atoms with Gasteiger partial charge in [-0.3, -0.25) is 4.79 Å². The second kappa shape index (κ2) is 6.95. The van der Waals surface area contributed by atoms with Crippen LogP contribution >= 0.6 is 0 Å². The molecule has 28 heavy (non-hydrogen) atoms. The van der Waals surface area contributed by atoms with E-state index in [-0.39, 0.29) is 5.56 Å². The fraction of sp³-hybridized carbons (Fsp3) is 0.300. The van der Waals surface area contributed by atoms with Crippen molar-refractivity contribution in [3.63, 3.8) is 0 Å². The lowest BCUT2D eigenvalue weighted by molar-refractivity contribution is 0.327. The molecule has 0 aliphatic carbocycles. The molecule has 8 heteroatoms. The second-order valence-electron chi connectivity index (χ2n) is 7.06. The number of rotatable bonds is 4. The van der Waals surface area contributed by atoms with Gasteiger partial charge in [-0.2, -0.15) is 10.1 Å². The number of anilines is 1. The summed E-state index contributed by atoms with van der Waals surface area (Å²) in [5, 5.41) is 8.66. The van der Waals surface area contributed by atoms with Crippen molar-refractivity contribution in [2.24, 2.45) is 5.92 Å². The lowest BCUT2D eigenvalue weighted by atomic mass is 9.97. The molecule has 4 aromatic rings. The minimum absolute atomic E-state index is 0.0858. The van der Waals surface area contributed by atoms with Crippen molar-refractivity contribution in [3.05, 3.63) is 65.2 Å².